The molecule has 0 radical (unpaired) electrons. The van der Waals surface area contributed by atoms with E-state index in [2.05, 4.69) is 56.8 Å². The molecule has 4 aromatic heterocycles. The minimum Gasteiger partial charge on any atom is -0.508 e. The summed E-state index contributed by atoms with van der Waals surface area (Å²) in [5.41, 5.74) is 4.17. The minimum absolute atomic E-state index is 0.0126. The molecule has 3 amide bonds. The molecule has 19 rings (SSSR count). The topological polar surface area (TPSA) is 376 Å². The number of halogens is 6. The summed E-state index contributed by atoms with van der Waals surface area (Å²) in [5, 5.41) is 40.0. The Kier molecular flexibility index (Phi) is 37.5. The second-order valence-electron chi connectivity index (χ2n) is 34.9. The van der Waals surface area contributed by atoms with Crippen molar-refractivity contribution in [3.63, 3.8) is 0 Å². The third-order valence-electron chi connectivity index (χ3n) is 24.9. The number of hydrogen-bond donors (Lipinski definition) is 5. The number of ketones is 2. The molecule has 10 aliphatic rings. The Morgan fingerprint density at radius 3 is 1.01 bits per heavy atom. The van der Waals surface area contributed by atoms with E-state index in [9.17, 15) is 68.6 Å². The number of ether oxygens (including phenoxy) is 6. The number of Topliss-reactive ketones (excluding diaryl/α,β-unsaturated/α-hetero) is 2. The molecular weight excluding hydrogens is 1870 g/mol. The second kappa shape index (κ2) is 49.4. The van der Waals surface area contributed by atoms with Gasteiger partial charge in [-0.15, -0.1) is 0 Å². The molecule has 29 nitrogen and oxygen atoms in total. The van der Waals surface area contributed by atoms with Crippen LogP contribution in [0, 0.1) is 83.0 Å². The lowest BCUT2D eigenvalue weighted by atomic mass is 10.0. The van der Waals surface area contributed by atoms with Crippen molar-refractivity contribution in [2.45, 2.75) is 115 Å². The van der Waals surface area contributed by atoms with Crippen LogP contribution >= 0.6 is 26.6 Å². The molecule has 5 saturated carbocycles. The Morgan fingerprint density at radius 2 is 0.701 bits per heavy atom. The van der Waals surface area contributed by atoms with Gasteiger partial charge in [0, 0.05) is 99.0 Å². The molecule has 0 spiro atoms. The number of aromatic hydroxyl groups is 3. The Balaban J connectivity index is 0.000000143. The number of phenolic OH excluding ortho intramolecular Hbond substituents is 2. The van der Waals surface area contributed by atoms with E-state index in [1.807, 2.05) is 91.0 Å². The zero-order chi connectivity index (χ0) is 95.4. The fourth-order valence-corrected chi connectivity index (χ4v) is 19.8. The van der Waals surface area contributed by atoms with Gasteiger partial charge in [-0.2, -0.15) is 26.0 Å². The first kappa shape index (κ1) is 102. The van der Waals surface area contributed by atoms with Crippen LogP contribution in [-0.4, -0.2) is 227 Å². The Bertz CT molecular complexity index is 5450. The van der Waals surface area contributed by atoms with Crippen molar-refractivity contribution in [1.29, 1.82) is 0 Å². The monoisotopic (exact) mass is 1980 g/mol. The molecule has 5 N–H and O–H groups in total. The van der Waals surface area contributed by atoms with Crippen LogP contribution in [0.3, 0.4) is 0 Å². The van der Waals surface area contributed by atoms with Gasteiger partial charge < -0.3 is 68.9 Å². The smallest absolute Gasteiger partial charge is 0.410 e. The van der Waals surface area contributed by atoms with Gasteiger partial charge in [-0.05, 0) is 250 Å². The van der Waals surface area contributed by atoms with Crippen molar-refractivity contribution in [2.75, 3.05) is 89.8 Å². The van der Waals surface area contributed by atoms with Gasteiger partial charge in [0.15, 0.2) is 34.6 Å². The zero-order valence-electron chi connectivity index (χ0n) is 74.0. The van der Waals surface area contributed by atoms with E-state index in [1.165, 1.54) is 61.2 Å². The number of pyridine rings is 4. The lowest BCUT2D eigenvalue weighted by Crippen LogP contribution is -2.31. The van der Waals surface area contributed by atoms with Crippen molar-refractivity contribution in [1.82, 2.24) is 44.9 Å². The normalized spacial score (nSPS) is 24.1. The third kappa shape index (κ3) is 32.0. The number of likely N-dealkylation sites (tertiary alicyclic amines) is 4. The van der Waals surface area contributed by atoms with Gasteiger partial charge in [-0.25, -0.2) is 42.7 Å². The van der Waals surface area contributed by atoms with Crippen molar-refractivity contribution in [2.24, 2.45) is 59.2 Å². The second-order valence-corrected chi connectivity index (χ2v) is 40.1. The number of aliphatic hydroxyl groups is 1. The van der Waals surface area contributed by atoms with Gasteiger partial charge in [-0.1, -0.05) is 107 Å². The summed E-state index contributed by atoms with van der Waals surface area (Å²) in [6.45, 7) is 9.21. The van der Waals surface area contributed by atoms with E-state index in [1.54, 1.807) is 75.4 Å². The van der Waals surface area contributed by atoms with Crippen molar-refractivity contribution in [3.05, 3.63) is 264 Å². The lowest BCUT2D eigenvalue weighted by Gasteiger charge is -2.20. The number of fused-ring (bicyclic) bond motifs is 5. The van der Waals surface area contributed by atoms with E-state index >= 15 is 0 Å². The first-order valence-electron chi connectivity index (χ1n) is 44.3. The van der Waals surface area contributed by atoms with Crippen LogP contribution in [-0.2, 0) is 57.4 Å². The molecule has 5 saturated heterocycles. The van der Waals surface area contributed by atoms with E-state index < -0.39 is 48.7 Å². The summed E-state index contributed by atoms with van der Waals surface area (Å²) in [7, 11) is -2.10. The first-order chi connectivity index (χ1) is 64.3. The maximum Gasteiger partial charge on any atom is 0.410 e. The highest BCUT2D eigenvalue weighted by Crippen LogP contribution is 2.45. The van der Waals surface area contributed by atoms with E-state index in [4.69, 9.17) is 42.8 Å². The molecule has 5 aliphatic carbocycles. The van der Waals surface area contributed by atoms with Gasteiger partial charge in [0.05, 0.1) is 54.9 Å². The van der Waals surface area contributed by atoms with Crippen LogP contribution in [0.5, 0.6) is 34.5 Å². The number of aliphatic hydroxyl groups excluding tert-OH is 1. The van der Waals surface area contributed by atoms with Gasteiger partial charge in [0.2, 0.25) is 9.05 Å². The van der Waals surface area contributed by atoms with Gasteiger partial charge in [0.25, 0.3) is 33.9 Å². The number of phenols is 2. The van der Waals surface area contributed by atoms with Crippen LogP contribution in [0.4, 0.5) is 31.9 Å². The molecule has 9 heterocycles. The summed E-state index contributed by atoms with van der Waals surface area (Å²) in [6, 6.07) is 54.1. The van der Waals surface area contributed by atoms with Crippen molar-refractivity contribution in [3.8, 4) is 34.5 Å². The quantitative estimate of drug-likeness (QED) is 0.00954. The predicted molar refractivity (Wildman–Crippen MR) is 492 cm³/mol. The van der Waals surface area contributed by atoms with Crippen LogP contribution in [0.2, 0.25) is 0 Å². The fourth-order valence-electron chi connectivity index (χ4n) is 18.8. The maximum absolute atomic E-state index is 13.6. The summed E-state index contributed by atoms with van der Waals surface area (Å²) in [4.78, 5) is 81.2. The van der Waals surface area contributed by atoms with Crippen LogP contribution in [0.15, 0.2) is 213 Å². The Morgan fingerprint density at radius 1 is 0.403 bits per heavy atom. The highest BCUT2D eigenvalue weighted by atomic mass is 79.9. The molecule has 9 aromatic rings. The van der Waals surface area contributed by atoms with Crippen LogP contribution in [0.25, 0.3) is 0 Å². The summed E-state index contributed by atoms with van der Waals surface area (Å²) < 4.78 is 132. The molecule has 0 bridgehead atoms. The van der Waals surface area contributed by atoms with Crippen molar-refractivity contribution < 1.29 is 111 Å². The standard InChI is InChI=1S/2C20H21FN2O3.C16H21NO5S.C15H19NO3.C12H15FN2O.C8H7BrO2.C5H4FNO.CH3ClO2S/c21-20-19(2-1-7-22-20)26-17-8-14-10-23(11-15(14)9-17)12-18(25)13-3-5-16(24)6-4-13;21-19-18(7-4-8-22-19)26-17-9-15-11-23(12-16(15)10-17)20(24)25-13-14-5-2-1-3-6-14;1-23(19,20)22-15-7-13-9-17(10-14(13)8-15)16(18)21-11-12-5-3-2-4-6-12;17-14-6-12-8-16(9-13(12)7-14)15(18)19-10-11-4-2-1-3-5-11;13-12-11(2-1-3-15-12)16-10-4-8-6-14-7-9(8)5-10;9-5-8(11)6-1-3-7(10)4-2-6;6-5-4(8)2-1-3-7-5;1-5(2,3)4/h1-7,14-15,17,24H,8-12H2;1-8,15-17H,9-13H2;2-6,13-15H,7-11H2,1H3;1-5,12-14,17H,6-10H2;1-3,8-10,14H,4-7H2;1-4,10H,5H2;1-3,8H;1H3/t14-,15+,17?;15-,16+,17?;13-,14+,15?;12-,13+,14?;8-,9+,10?;;;. The van der Waals surface area contributed by atoms with Crippen LogP contribution in [0.1, 0.15) is 102 Å². The maximum atomic E-state index is 13.6. The number of hydrogen-bond acceptors (Lipinski definition) is 26. The van der Waals surface area contributed by atoms with Gasteiger partial charge >= 0.3 is 18.3 Å². The Hall–Kier alpha value is -11.1. The van der Waals surface area contributed by atoms with Crippen molar-refractivity contribution >= 4 is 75.6 Å². The number of amides is 3. The van der Waals surface area contributed by atoms with Crippen LogP contribution < -0.4 is 19.5 Å². The fraction of sp³-hybridized carbons (Fsp3) is 0.433. The minimum atomic E-state index is -3.41. The number of alkyl halides is 1. The summed E-state index contributed by atoms with van der Waals surface area (Å²) in [5.74, 6) is 2.91. The first-order valence-corrected chi connectivity index (χ1v) is 50.0. The predicted octanol–water partition coefficient (Wildman–Crippen LogP) is 15.3. The molecule has 5 aromatic carbocycles. The number of rotatable bonds is 19. The third-order valence-corrected chi connectivity index (χ3v) is 26.0. The average Bonchev–Trinajstić information content (AvgIpc) is 1.66. The number of aromatic nitrogens is 4. The summed E-state index contributed by atoms with van der Waals surface area (Å²) in [6.07, 6.45) is 15.0. The number of benzene rings is 5. The molecule has 15 atom stereocenters. The SMILES string of the molecule is CS(=O)(=O)Cl.CS(=O)(=O)OC1C[C@@H]2CN(C(=O)OCc3ccccc3)C[C@@H]2C1.Fc1ncccc1OC1C[C@H]2CNC[C@H]2C1.O=C(CBr)c1ccc(O)cc1.O=C(CN1C[C@H]2CC(Oc3cccnc3F)C[C@H]2C1)c1ccc(O)cc1.O=C(OCc1ccccc1)N1C[C@H]2CC(O)C[C@H]2C1.O=C(OCc1ccccc1)N1C[C@H]2CC(Oc3cccnc3F)C[C@H]2C1.Oc1cccnc1F. The zero-order valence-corrected chi connectivity index (χ0v) is 78.0. The molecule has 5 unspecified atom stereocenters. The van der Waals surface area contributed by atoms with E-state index in [-0.39, 0.29) is 96.6 Å². The highest BCUT2D eigenvalue weighted by Gasteiger charge is 2.48. The number of carbonyl (C=O) groups is 5. The molecule has 10 fully saturated rings. The number of nitrogens with one attached hydrogen (secondary N) is 1. The molecule has 37 heteroatoms. The Labute approximate surface area is 789 Å². The van der Waals surface area contributed by atoms with E-state index in [0.29, 0.717) is 134 Å². The molecular formula is C97H111BrClF4N9O20S2. The molecule has 134 heavy (non-hydrogen) atoms. The molecule has 5 aliphatic heterocycles. The molecule has 718 valence electrons. The summed E-state index contributed by atoms with van der Waals surface area (Å²) >= 11 is 3.06. The van der Waals surface area contributed by atoms with Gasteiger partial charge in [0.1, 0.15) is 31.3 Å². The number of nitrogens with zero attached hydrogens (tertiary/aromatic N) is 8. The lowest BCUT2D eigenvalue weighted by molar-refractivity contribution is 0.0933. The number of carbonyl (C=O) groups excluding carboxylic acids is 5. The van der Waals surface area contributed by atoms with E-state index in [0.717, 1.165) is 120 Å². The van der Waals surface area contributed by atoms with Gasteiger partial charge in [-0.3, -0.25) is 18.7 Å². The highest BCUT2D eigenvalue weighted by molar-refractivity contribution is 9.09. The largest absolute Gasteiger partial charge is 0.508 e. The average molecular weight is 1980 g/mol.